The van der Waals surface area contributed by atoms with Crippen molar-refractivity contribution < 1.29 is 28.2 Å². The fraction of sp³-hybridized carbons (Fsp3) is 0.533. The van der Waals surface area contributed by atoms with Gasteiger partial charge in [0, 0.05) is 18.0 Å². The van der Waals surface area contributed by atoms with Crippen LogP contribution in [0.3, 0.4) is 0 Å². The van der Waals surface area contributed by atoms with Gasteiger partial charge in [0.2, 0.25) is 0 Å². The Morgan fingerprint density at radius 1 is 1.23 bits per heavy atom. The van der Waals surface area contributed by atoms with E-state index < -0.39 is 18.8 Å². The summed E-state index contributed by atoms with van der Waals surface area (Å²) in [4.78, 5) is 13.8. The summed E-state index contributed by atoms with van der Waals surface area (Å²) >= 11 is 0. The molecule has 0 amide bonds. The molecule has 122 valence electrons. The van der Waals surface area contributed by atoms with Crippen LogP contribution in [0.1, 0.15) is 23.2 Å². The highest BCUT2D eigenvalue weighted by molar-refractivity contribution is 5.98. The van der Waals surface area contributed by atoms with E-state index in [2.05, 4.69) is 0 Å². The van der Waals surface area contributed by atoms with E-state index in [-0.39, 0.29) is 17.5 Å². The Morgan fingerprint density at radius 3 is 2.27 bits per heavy atom. The van der Waals surface area contributed by atoms with Crippen LogP contribution in [0.2, 0.25) is 0 Å². The zero-order valence-electron chi connectivity index (χ0n) is 11.9. The van der Waals surface area contributed by atoms with Crippen molar-refractivity contribution in [1.29, 1.82) is 0 Å². The first-order valence-electron chi connectivity index (χ1n) is 7.08. The van der Waals surface area contributed by atoms with Gasteiger partial charge in [0.1, 0.15) is 5.75 Å². The molecule has 2 N–H and O–H groups in total. The number of aromatic hydroxyl groups is 1. The van der Waals surface area contributed by atoms with Crippen molar-refractivity contribution in [3.05, 3.63) is 29.8 Å². The molecule has 1 fully saturated rings. The van der Waals surface area contributed by atoms with Crippen LogP contribution in [0.15, 0.2) is 24.3 Å². The maximum atomic E-state index is 12.3. The number of likely N-dealkylation sites (tertiary alicyclic amines) is 1. The van der Waals surface area contributed by atoms with Crippen LogP contribution in [-0.2, 0) is 0 Å². The Kier molecular flexibility index (Phi) is 5.08. The zero-order valence-corrected chi connectivity index (χ0v) is 11.9. The number of benzene rings is 1. The van der Waals surface area contributed by atoms with Crippen molar-refractivity contribution in [3.8, 4) is 5.75 Å². The Morgan fingerprint density at radius 2 is 1.77 bits per heavy atom. The fourth-order valence-electron chi connectivity index (χ4n) is 2.59. The Labute approximate surface area is 126 Å². The minimum absolute atomic E-state index is 0.0592. The van der Waals surface area contributed by atoms with Gasteiger partial charge in [0.15, 0.2) is 11.9 Å². The first kappa shape index (κ1) is 16.8. The maximum Gasteiger partial charge on any atom is 0.415 e. The lowest BCUT2D eigenvalue weighted by atomic mass is 9.89. The van der Waals surface area contributed by atoms with Crippen LogP contribution >= 0.6 is 0 Å². The standard InChI is InChI=1S/C15H18F3NO3/c16-15(17,18)13(21)9-19-7-5-11(6-8-19)14(22)10-1-3-12(20)4-2-10/h1-4,11,13,20-21H,5-9H2. The van der Waals surface area contributed by atoms with Crippen LogP contribution in [0.5, 0.6) is 5.75 Å². The van der Waals surface area contributed by atoms with Gasteiger partial charge in [-0.25, -0.2) is 0 Å². The predicted octanol–water partition coefficient (Wildman–Crippen LogP) is 2.21. The number of hydrogen-bond donors (Lipinski definition) is 2. The van der Waals surface area contributed by atoms with Crippen molar-refractivity contribution in [1.82, 2.24) is 4.90 Å². The van der Waals surface area contributed by atoms with E-state index in [1.54, 1.807) is 0 Å². The van der Waals surface area contributed by atoms with E-state index in [9.17, 15) is 23.1 Å². The molecule has 1 aliphatic heterocycles. The molecule has 7 heteroatoms. The van der Waals surface area contributed by atoms with E-state index in [0.717, 1.165) is 0 Å². The second-order valence-corrected chi connectivity index (χ2v) is 5.54. The van der Waals surface area contributed by atoms with Crippen LogP contribution in [0, 0.1) is 5.92 Å². The van der Waals surface area contributed by atoms with Gasteiger partial charge < -0.3 is 15.1 Å². The number of β-amino-alcohol motifs (C(OH)–C–C–N with tert-alkyl or cyclic N) is 1. The lowest BCUT2D eigenvalue weighted by Gasteiger charge is -2.32. The van der Waals surface area contributed by atoms with E-state index in [0.29, 0.717) is 31.5 Å². The number of aliphatic hydroxyl groups excluding tert-OH is 1. The predicted molar refractivity (Wildman–Crippen MR) is 73.7 cm³/mol. The number of ketones is 1. The molecule has 4 nitrogen and oxygen atoms in total. The zero-order chi connectivity index (χ0) is 16.3. The largest absolute Gasteiger partial charge is 0.508 e. The minimum atomic E-state index is -4.61. The third-order valence-electron chi connectivity index (χ3n) is 3.92. The Bertz CT molecular complexity index is 508. The molecular formula is C15H18F3NO3. The first-order valence-corrected chi connectivity index (χ1v) is 7.08. The molecular weight excluding hydrogens is 299 g/mol. The molecule has 0 bridgehead atoms. The molecule has 0 saturated carbocycles. The van der Waals surface area contributed by atoms with Crippen molar-refractivity contribution in [2.24, 2.45) is 5.92 Å². The Hall–Kier alpha value is -1.60. The van der Waals surface area contributed by atoms with Gasteiger partial charge in [-0.3, -0.25) is 4.79 Å². The number of Topliss-reactive ketones (excluding diaryl/α,β-unsaturated/α-hetero) is 1. The van der Waals surface area contributed by atoms with Crippen molar-refractivity contribution in [2.75, 3.05) is 19.6 Å². The molecule has 1 aliphatic rings. The number of piperidine rings is 1. The van der Waals surface area contributed by atoms with E-state index in [1.165, 1.54) is 29.2 Å². The van der Waals surface area contributed by atoms with Gasteiger partial charge in [0.25, 0.3) is 0 Å². The number of halogens is 3. The van der Waals surface area contributed by atoms with Crippen LogP contribution < -0.4 is 0 Å². The summed E-state index contributed by atoms with van der Waals surface area (Å²) in [6.07, 6.45) is -6.04. The molecule has 22 heavy (non-hydrogen) atoms. The summed E-state index contributed by atoms with van der Waals surface area (Å²) < 4.78 is 36.9. The highest BCUT2D eigenvalue weighted by atomic mass is 19.4. The van der Waals surface area contributed by atoms with Crippen LogP contribution in [0.25, 0.3) is 0 Å². The van der Waals surface area contributed by atoms with Crippen LogP contribution in [-0.4, -0.2) is 52.8 Å². The third kappa shape index (κ3) is 4.20. The summed E-state index contributed by atoms with van der Waals surface area (Å²) in [5.74, 6) is -0.215. The normalized spacial score (nSPS) is 19.1. The topological polar surface area (TPSA) is 60.8 Å². The summed E-state index contributed by atoms with van der Waals surface area (Å²) in [6, 6.07) is 5.94. The molecule has 1 heterocycles. The summed E-state index contributed by atoms with van der Waals surface area (Å²) in [5, 5.41) is 18.3. The number of carbonyl (C=O) groups excluding carboxylic acids is 1. The second-order valence-electron chi connectivity index (χ2n) is 5.54. The van der Waals surface area contributed by atoms with E-state index >= 15 is 0 Å². The van der Waals surface area contributed by atoms with Gasteiger partial charge in [-0.2, -0.15) is 13.2 Å². The number of phenols is 1. The summed E-state index contributed by atoms with van der Waals surface area (Å²) in [5.41, 5.74) is 0.492. The average molecular weight is 317 g/mol. The molecule has 0 spiro atoms. The summed E-state index contributed by atoms with van der Waals surface area (Å²) in [6.45, 7) is 0.243. The van der Waals surface area contributed by atoms with Gasteiger partial charge in [-0.1, -0.05) is 0 Å². The van der Waals surface area contributed by atoms with E-state index in [1.807, 2.05) is 0 Å². The molecule has 1 unspecified atom stereocenters. The van der Waals surface area contributed by atoms with Crippen LogP contribution in [0.4, 0.5) is 13.2 Å². The Balaban J connectivity index is 1.87. The molecule has 0 aromatic heterocycles. The molecule has 2 rings (SSSR count). The van der Waals surface area contributed by atoms with E-state index in [4.69, 9.17) is 5.11 Å². The molecule has 1 atom stereocenters. The molecule has 0 radical (unpaired) electrons. The first-order chi connectivity index (χ1) is 10.3. The smallest absolute Gasteiger partial charge is 0.415 e. The van der Waals surface area contributed by atoms with Crippen molar-refractivity contribution in [3.63, 3.8) is 0 Å². The number of carbonyl (C=O) groups is 1. The number of phenolic OH excluding ortho intramolecular Hbond substituents is 1. The monoisotopic (exact) mass is 317 g/mol. The third-order valence-corrected chi connectivity index (χ3v) is 3.92. The second kappa shape index (κ2) is 6.66. The van der Waals surface area contributed by atoms with Crippen molar-refractivity contribution >= 4 is 5.78 Å². The lowest BCUT2D eigenvalue weighted by Crippen LogP contribution is -2.45. The number of aliphatic hydroxyl groups is 1. The molecule has 1 aromatic rings. The number of hydrogen-bond acceptors (Lipinski definition) is 4. The quantitative estimate of drug-likeness (QED) is 0.836. The SMILES string of the molecule is O=C(c1ccc(O)cc1)C1CCN(CC(O)C(F)(F)F)CC1. The highest BCUT2D eigenvalue weighted by Crippen LogP contribution is 2.25. The number of rotatable bonds is 4. The minimum Gasteiger partial charge on any atom is -0.508 e. The fourth-order valence-corrected chi connectivity index (χ4v) is 2.59. The average Bonchev–Trinajstić information content (AvgIpc) is 2.47. The highest BCUT2D eigenvalue weighted by Gasteiger charge is 2.39. The summed E-state index contributed by atoms with van der Waals surface area (Å²) in [7, 11) is 0. The number of nitrogens with zero attached hydrogens (tertiary/aromatic N) is 1. The molecule has 1 saturated heterocycles. The lowest BCUT2D eigenvalue weighted by molar-refractivity contribution is -0.208. The van der Waals surface area contributed by atoms with Gasteiger partial charge in [0.05, 0.1) is 0 Å². The number of alkyl halides is 3. The van der Waals surface area contributed by atoms with Crippen molar-refractivity contribution in [2.45, 2.75) is 25.1 Å². The maximum absolute atomic E-state index is 12.3. The van der Waals surface area contributed by atoms with Gasteiger partial charge in [-0.15, -0.1) is 0 Å². The molecule has 1 aromatic carbocycles. The van der Waals surface area contributed by atoms with Gasteiger partial charge >= 0.3 is 6.18 Å². The molecule has 0 aliphatic carbocycles. The van der Waals surface area contributed by atoms with Gasteiger partial charge in [-0.05, 0) is 50.2 Å².